The minimum atomic E-state index is -0.301. The van der Waals surface area contributed by atoms with Crippen molar-refractivity contribution in [2.24, 2.45) is 0 Å². The maximum Gasteiger partial charge on any atom is 0.279 e. The van der Waals surface area contributed by atoms with Crippen LogP contribution in [0, 0.1) is 13.8 Å². The molecule has 0 aliphatic carbocycles. The fraction of sp³-hybridized carbons (Fsp3) is 0.286. The molecule has 1 aliphatic heterocycles. The zero-order valence-electron chi connectivity index (χ0n) is 10.4. The second-order valence-corrected chi connectivity index (χ2v) is 4.85. The standard InChI is InChI=1S/C14H16N3/c1-5-14(4)16-9-10(2)8-11(3)13(16)12-6-7-15-17(12)14/h5-9H,1H2,2-4H3/q+1. The average Bonchev–Trinajstić information content (AvgIpc) is 2.82. The van der Waals surface area contributed by atoms with Crippen LogP contribution in [0.5, 0.6) is 0 Å². The Labute approximate surface area is 101 Å². The van der Waals surface area contributed by atoms with Crippen LogP contribution >= 0.6 is 0 Å². The Morgan fingerprint density at radius 2 is 2.24 bits per heavy atom. The number of hydrogen-bond donors (Lipinski definition) is 0. The summed E-state index contributed by atoms with van der Waals surface area (Å²) in [5.74, 6) is 0. The molecule has 0 amide bonds. The number of rotatable bonds is 1. The molecule has 86 valence electrons. The molecule has 3 rings (SSSR count). The minimum absolute atomic E-state index is 0.301. The molecule has 0 saturated carbocycles. The molecular weight excluding hydrogens is 210 g/mol. The first-order chi connectivity index (χ1) is 8.08. The summed E-state index contributed by atoms with van der Waals surface area (Å²) in [5, 5.41) is 4.43. The van der Waals surface area contributed by atoms with Crippen LogP contribution in [-0.4, -0.2) is 9.78 Å². The van der Waals surface area contributed by atoms with Gasteiger partial charge in [0.05, 0.1) is 6.20 Å². The average molecular weight is 226 g/mol. The van der Waals surface area contributed by atoms with E-state index in [1.807, 2.05) is 17.0 Å². The van der Waals surface area contributed by atoms with Crippen LogP contribution in [0.2, 0.25) is 0 Å². The Morgan fingerprint density at radius 1 is 1.47 bits per heavy atom. The summed E-state index contributed by atoms with van der Waals surface area (Å²) < 4.78 is 4.29. The molecule has 0 N–H and O–H groups in total. The molecule has 0 radical (unpaired) electrons. The lowest BCUT2D eigenvalue weighted by molar-refractivity contribution is -0.738. The van der Waals surface area contributed by atoms with E-state index >= 15 is 0 Å². The highest BCUT2D eigenvalue weighted by atomic mass is 15.4. The van der Waals surface area contributed by atoms with Gasteiger partial charge in [0, 0.05) is 24.1 Å². The van der Waals surface area contributed by atoms with Crippen molar-refractivity contribution in [1.82, 2.24) is 9.78 Å². The summed E-state index contributed by atoms with van der Waals surface area (Å²) in [4.78, 5) is 0. The summed E-state index contributed by atoms with van der Waals surface area (Å²) in [5.41, 5.74) is 4.62. The lowest BCUT2D eigenvalue weighted by Gasteiger charge is -2.16. The summed E-state index contributed by atoms with van der Waals surface area (Å²) in [7, 11) is 0. The van der Waals surface area contributed by atoms with Crippen molar-refractivity contribution < 1.29 is 4.57 Å². The summed E-state index contributed by atoms with van der Waals surface area (Å²) in [6.45, 7) is 10.4. The fourth-order valence-electron chi connectivity index (χ4n) is 2.72. The zero-order chi connectivity index (χ0) is 12.2. The molecule has 3 nitrogen and oxygen atoms in total. The molecule has 2 aromatic heterocycles. The van der Waals surface area contributed by atoms with Gasteiger partial charge >= 0.3 is 0 Å². The first-order valence-electron chi connectivity index (χ1n) is 5.80. The smallest absolute Gasteiger partial charge is 0.190 e. The molecule has 0 aromatic carbocycles. The maximum atomic E-state index is 4.43. The van der Waals surface area contributed by atoms with Crippen LogP contribution in [0.1, 0.15) is 18.1 Å². The molecular formula is C14H16N3+. The Balaban J connectivity index is 2.46. The van der Waals surface area contributed by atoms with Crippen molar-refractivity contribution in [3.63, 3.8) is 0 Å². The number of allylic oxidation sites excluding steroid dienone is 1. The highest BCUT2D eigenvalue weighted by molar-refractivity contribution is 5.58. The predicted molar refractivity (Wildman–Crippen MR) is 66.6 cm³/mol. The summed E-state index contributed by atoms with van der Waals surface area (Å²) >= 11 is 0. The molecule has 2 aromatic rings. The van der Waals surface area contributed by atoms with Crippen LogP contribution in [0.15, 0.2) is 37.2 Å². The number of aryl methyl sites for hydroxylation is 2. The van der Waals surface area contributed by atoms with Gasteiger partial charge in [0.2, 0.25) is 5.69 Å². The molecule has 0 bridgehead atoms. The van der Waals surface area contributed by atoms with Gasteiger partial charge in [0.25, 0.3) is 5.66 Å². The minimum Gasteiger partial charge on any atom is -0.190 e. The van der Waals surface area contributed by atoms with E-state index in [9.17, 15) is 0 Å². The third kappa shape index (κ3) is 1.11. The third-order valence-corrected chi connectivity index (χ3v) is 3.58. The molecule has 0 saturated heterocycles. The molecule has 0 fully saturated rings. The van der Waals surface area contributed by atoms with E-state index in [1.165, 1.54) is 16.8 Å². The first kappa shape index (κ1) is 10.3. The van der Waals surface area contributed by atoms with E-state index in [-0.39, 0.29) is 5.66 Å². The van der Waals surface area contributed by atoms with Crippen LogP contribution in [-0.2, 0) is 5.66 Å². The van der Waals surface area contributed by atoms with Crippen LogP contribution in [0.4, 0.5) is 0 Å². The number of nitrogens with zero attached hydrogens (tertiary/aromatic N) is 3. The van der Waals surface area contributed by atoms with Crippen LogP contribution in [0.3, 0.4) is 0 Å². The van der Waals surface area contributed by atoms with Gasteiger partial charge in [-0.05, 0) is 26.0 Å². The van der Waals surface area contributed by atoms with E-state index in [0.717, 1.165) is 5.69 Å². The van der Waals surface area contributed by atoms with Crippen molar-refractivity contribution in [1.29, 1.82) is 0 Å². The van der Waals surface area contributed by atoms with E-state index < -0.39 is 0 Å². The van der Waals surface area contributed by atoms with E-state index in [2.05, 4.69) is 55.3 Å². The van der Waals surface area contributed by atoms with E-state index in [0.29, 0.717) is 0 Å². The van der Waals surface area contributed by atoms with Gasteiger partial charge in [-0.3, -0.25) is 0 Å². The largest absolute Gasteiger partial charge is 0.279 e. The third-order valence-electron chi connectivity index (χ3n) is 3.58. The number of aromatic nitrogens is 3. The molecule has 1 aliphatic rings. The Morgan fingerprint density at radius 3 is 2.94 bits per heavy atom. The predicted octanol–water partition coefficient (Wildman–Crippen LogP) is 2.17. The number of fused-ring (bicyclic) bond motifs is 3. The normalized spacial score (nSPS) is 21.1. The first-order valence-corrected chi connectivity index (χ1v) is 5.80. The van der Waals surface area contributed by atoms with Crippen molar-refractivity contribution >= 4 is 0 Å². The van der Waals surface area contributed by atoms with Gasteiger partial charge in [-0.2, -0.15) is 14.3 Å². The molecule has 3 heteroatoms. The Hall–Kier alpha value is -1.90. The zero-order valence-corrected chi connectivity index (χ0v) is 10.4. The monoisotopic (exact) mass is 226 g/mol. The van der Waals surface area contributed by atoms with Gasteiger partial charge in [0.1, 0.15) is 5.69 Å². The van der Waals surface area contributed by atoms with Crippen molar-refractivity contribution in [3.8, 4) is 11.4 Å². The lowest BCUT2D eigenvalue weighted by atomic mass is 10.1. The van der Waals surface area contributed by atoms with Crippen molar-refractivity contribution in [3.05, 3.63) is 48.3 Å². The highest BCUT2D eigenvalue weighted by Crippen LogP contribution is 2.32. The quantitative estimate of drug-likeness (QED) is 0.539. The summed E-state index contributed by atoms with van der Waals surface area (Å²) in [6, 6.07) is 4.26. The maximum absolute atomic E-state index is 4.43. The Bertz CT molecular complexity index is 624. The molecule has 1 atom stereocenters. The van der Waals surface area contributed by atoms with Gasteiger partial charge in [-0.1, -0.05) is 6.58 Å². The molecule has 3 heterocycles. The SMILES string of the molecule is C=CC1(C)n2nccc2-c2c(C)cc(C)c[n+]21. The van der Waals surface area contributed by atoms with Crippen molar-refractivity contribution in [2.75, 3.05) is 0 Å². The van der Waals surface area contributed by atoms with Crippen LogP contribution in [0.25, 0.3) is 11.4 Å². The van der Waals surface area contributed by atoms with Crippen LogP contribution < -0.4 is 4.57 Å². The second-order valence-electron chi connectivity index (χ2n) is 4.85. The van der Waals surface area contributed by atoms with Gasteiger partial charge < -0.3 is 0 Å². The van der Waals surface area contributed by atoms with Gasteiger partial charge in [-0.15, -0.1) is 0 Å². The Kier molecular flexibility index (Phi) is 1.85. The second kappa shape index (κ2) is 3.06. The fourth-order valence-corrected chi connectivity index (χ4v) is 2.72. The topological polar surface area (TPSA) is 21.7 Å². The molecule has 17 heavy (non-hydrogen) atoms. The number of pyridine rings is 1. The van der Waals surface area contributed by atoms with Gasteiger partial charge in [0.15, 0.2) is 6.20 Å². The lowest BCUT2D eigenvalue weighted by Crippen LogP contribution is -2.55. The molecule has 0 spiro atoms. The van der Waals surface area contributed by atoms with Gasteiger partial charge in [-0.25, -0.2) is 0 Å². The number of hydrogen-bond acceptors (Lipinski definition) is 1. The van der Waals surface area contributed by atoms with Crippen molar-refractivity contribution in [2.45, 2.75) is 26.4 Å². The molecule has 1 unspecified atom stereocenters. The van der Waals surface area contributed by atoms with E-state index in [4.69, 9.17) is 0 Å². The highest BCUT2D eigenvalue weighted by Gasteiger charge is 2.46. The van der Waals surface area contributed by atoms with E-state index in [1.54, 1.807) is 0 Å². The summed E-state index contributed by atoms with van der Waals surface area (Å²) in [6.07, 6.45) is 5.96.